The van der Waals surface area contributed by atoms with Crippen molar-refractivity contribution < 1.29 is 9.53 Å². The standard InChI is InChI=1S/C25H24N6O2/c1-30-8-7-17-18(3-2-4-21(17)30)24-23-19(14-28-25(23)32)20(15-27-24)29-22-6-5-16(13-26-22)31-9-11-33-12-10-31/h2-8,13,15H,9-12,14H2,1H3,(H,26,29)(H,28,32). The van der Waals surface area contributed by atoms with Crippen LogP contribution in [0.5, 0.6) is 0 Å². The van der Waals surface area contributed by atoms with E-state index >= 15 is 0 Å². The number of rotatable bonds is 4. The number of fused-ring (bicyclic) bond motifs is 2. The highest BCUT2D eigenvalue weighted by Crippen LogP contribution is 2.36. The highest BCUT2D eigenvalue weighted by atomic mass is 16.5. The monoisotopic (exact) mass is 440 g/mol. The maximum absolute atomic E-state index is 12.8. The Morgan fingerprint density at radius 3 is 2.76 bits per heavy atom. The number of aromatic nitrogens is 3. The fraction of sp³-hybridized carbons (Fsp3) is 0.240. The molecule has 2 aliphatic rings. The van der Waals surface area contributed by atoms with Gasteiger partial charge in [-0.1, -0.05) is 12.1 Å². The van der Waals surface area contributed by atoms with Crippen molar-refractivity contribution in [3.05, 3.63) is 66.1 Å². The molecule has 0 unspecified atom stereocenters. The number of benzene rings is 1. The number of nitrogens with one attached hydrogen (secondary N) is 2. The summed E-state index contributed by atoms with van der Waals surface area (Å²) in [5.41, 5.74) is 6.18. The van der Waals surface area contributed by atoms with Crippen LogP contribution in [0.1, 0.15) is 15.9 Å². The van der Waals surface area contributed by atoms with Crippen molar-refractivity contribution in [2.75, 3.05) is 36.5 Å². The molecule has 8 nitrogen and oxygen atoms in total. The Morgan fingerprint density at radius 1 is 1.06 bits per heavy atom. The number of carbonyl (C=O) groups excluding carboxylic acids is 1. The van der Waals surface area contributed by atoms with Gasteiger partial charge in [0, 0.05) is 54.9 Å². The summed E-state index contributed by atoms with van der Waals surface area (Å²) in [6.07, 6.45) is 5.69. The van der Waals surface area contributed by atoms with Gasteiger partial charge in [-0.15, -0.1) is 0 Å². The van der Waals surface area contributed by atoms with Crippen LogP contribution in [0.2, 0.25) is 0 Å². The first kappa shape index (κ1) is 19.8. The summed E-state index contributed by atoms with van der Waals surface area (Å²) in [6.45, 7) is 3.68. The van der Waals surface area contributed by atoms with Gasteiger partial charge in [-0.25, -0.2) is 4.98 Å². The number of hydrogen-bond acceptors (Lipinski definition) is 6. The normalized spacial score (nSPS) is 15.5. The molecule has 0 aliphatic carbocycles. The molecule has 0 atom stereocenters. The number of hydrogen-bond donors (Lipinski definition) is 2. The van der Waals surface area contributed by atoms with E-state index in [9.17, 15) is 4.79 Å². The van der Waals surface area contributed by atoms with E-state index in [2.05, 4.69) is 43.3 Å². The smallest absolute Gasteiger partial charge is 0.254 e. The van der Waals surface area contributed by atoms with Crippen molar-refractivity contribution in [1.29, 1.82) is 0 Å². The molecule has 6 rings (SSSR count). The van der Waals surface area contributed by atoms with Crippen molar-refractivity contribution in [1.82, 2.24) is 19.9 Å². The number of ether oxygens (including phenoxy) is 1. The van der Waals surface area contributed by atoms with E-state index in [1.54, 1.807) is 6.20 Å². The molecule has 2 aliphatic heterocycles. The largest absolute Gasteiger partial charge is 0.378 e. The van der Waals surface area contributed by atoms with Gasteiger partial charge in [0.1, 0.15) is 5.82 Å². The van der Waals surface area contributed by atoms with E-state index in [1.807, 2.05) is 37.6 Å². The number of amides is 1. The SMILES string of the molecule is Cn1ccc2c(-c3ncc(Nc4ccc(N5CCOCC5)cn4)c4c3C(=O)NC4)cccc21. The minimum Gasteiger partial charge on any atom is -0.378 e. The first-order valence-electron chi connectivity index (χ1n) is 11.1. The van der Waals surface area contributed by atoms with E-state index in [0.29, 0.717) is 23.6 Å². The molecular weight excluding hydrogens is 416 g/mol. The molecule has 0 bridgehead atoms. The summed E-state index contributed by atoms with van der Waals surface area (Å²) in [4.78, 5) is 24.4. The summed E-state index contributed by atoms with van der Waals surface area (Å²) in [7, 11) is 2.01. The number of aryl methyl sites for hydroxylation is 1. The van der Waals surface area contributed by atoms with Crippen LogP contribution < -0.4 is 15.5 Å². The zero-order valence-electron chi connectivity index (χ0n) is 18.3. The molecular formula is C25H24N6O2. The average molecular weight is 441 g/mol. The van der Waals surface area contributed by atoms with E-state index in [0.717, 1.165) is 59.7 Å². The Balaban J connectivity index is 1.35. The Labute approximate surface area is 191 Å². The topological polar surface area (TPSA) is 84.3 Å². The van der Waals surface area contributed by atoms with Gasteiger partial charge in [0.25, 0.3) is 5.91 Å². The van der Waals surface area contributed by atoms with Crippen molar-refractivity contribution in [2.45, 2.75) is 6.54 Å². The second kappa shape index (κ2) is 7.90. The van der Waals surface area contributed by atoms with Crippen LogP contribution in [0.25, 0.3) is 22.2 Å². The molecule has 166 valence electrons. The Hall–Kier alpha value is -3.91. The van der Waals surface area contributed by atoms with Crippen molar-refractivity contribution in [3.8, 4) is 11.3 Å². The van der Waals surface area contributed by atoms with E-state index < -0.39 is 0 Å². The zero-order chi connectivity index (χ0) is 22.4. The maximum Gasteiger partial charge on any atom is 0.254 e. The molecule has 1 aromatic carbocycles. The van der Waals surface area contributed by atoms with Gasteiger partial charge in [0.05, 0.1) is 48.2 Å². The molecule has 2 N–H and O–H groups in total. The second-order valence-electron chi connectivity index (χ2n) is 8.35. The lowest BCUT2D eigenvalue weighted by molar-refractivity contribution is 0.0966. The summed E-state index contributed by atoms with van der Waals surface area (Å²) in [5, 5.41) is 7.40. The van der Waals surface area contributed by atoms with Gasteiger partial charge in [-0.3, -0.25) is 9.78 Å². The van der Waals surface area contributed by atoms with Crippen LogP contribution in [0.3, 0.4) is 0 Å². The van der Waals surface area contributed by atoms with Gasteiger partial charge in [0.15, 0.2) is 0 Å². The number of anilines is 3. The summed E-state index contributed by atoms with van der Waals surface area (Å²) in [6, 6.07) is 12.2. The van der Waals surface area contributed by atoms with Gasteiger partial charge in [0.2, 0.25) is 0 Å². The average Bonchev–Trinajstić information content (AvgIpc) is 3.44. The van der Waals surface area contributed by atoms with Gasteiger partial charge in [-0.05, 0) is 24.3 Å². The minimum atomic E-state index is -0.0975. The lowest BCUT2D eigenvalue weighted by Gasteiger charge is -2.28. The highest BCUT2D eigenvalue weighted by molar-refractivity contribution is 6.08. The maximum atomic E-state index is 12.8. The number of pyridine rings is 2. The van der Waals surface area contributed by atoms with Gasteiger partial charge in [-0.2, -0.15) is 0 Å². The summed E-state index contributed by atoms with van der Waals surface area (Å²) in [5.74, 6) is 0.618. The Morgan fingerprint density at radius 2 is 1.94 bits per heavy atom. The quantitative estimate of drug-likeness (QED) is 0.506. The molecule has 8 heteroatoms. The van der Waals surface area contributed by atoms with Gasteiger partial charge < -0.3 is 24.8 Å². The predicted octanol–water partition coefficient (Wildman–Crippen LogP) is 3.46. The van der Waals surface area contributed by atoms with Crippen LogP contribution in [-0.4, -0.2) is 46.7 Å². The first-order chi connectivity index (χ1) is 16.2. The lowest BCUT2D eigenvalue weighted by Crippen LogP contribution is -2.36. The fourth-order valence-electron chi connectivity index (χ4n) is 4.66. The van der Waals surface area contributed by atoms with Crippen molar-refractivity contribution >= 4 is 34.0 Å². The third-order valence-electron chi connectivity index (χ3n) is 6.41. The zero-order valence-corrected chi connectivity index (χ0v) is 18.3. The molecule has 0 radical (unpaired) electrons. The number of morpholine rings is 1. The minimum absolute atomic E-state index is 0.0975. The lowest BCUT2D eigenvalue weighted by atomic mass is 9.99. The van der Waals surface area contributed by atoms with Gasteiger partial charge >= 0.3 is 0 Å². The van der Waals surface area contributed by atoms with E-state index in [4.69, 9.17) is 9.72 Å². The van der Waals surface area contributed by atoms with E-state index in [-0.39, 0.29) is 5.91 Å². The number of carbonyl (C=O) groups is 1. The second-order valence-corrected chi connectivity index (χ2v) is 8.35. The molecule has 0 saturated carbocycles. The van der Waals surface area contributed by atoms with Crippen molar-refractivity contribution in [2.24, 2.45) is 7.05 Å². The summed E-state index contributed by atoms with van der Waals surface area (Å²) >= 11 is 0. The Kier molecular flexibility index (Phi) is 4.73. The van der Waals surface area contributed by atoms with E-state index in [1.165, 1.54) is 0 Å². The first-order valence-corrected chi connectivity index (χ1v) is 11.1. The van der Waals surface area contributed by atoms with Crippen LogP contribution in [0, 0.1) is 0 Å². The van der Waals surface area contributed by atoms with Crippen LogP contribution in [0.4, 0.5) is 17.2 Å². The highest BCUT2D eigenvalue weighted by Gasteiger charge is 2.28. The predicted molar refractivity (Wildman–Crippen MR) is 128 cm³/mol. The molecule has 5 heterocycles. The van der Waals surface area contributed by atoms with Crippen LogP contribution in [0.15, 0.2) is 55.0 Å². The molecule has 1 amide bonds. The summed E-state index contributed by atoms with van der Waals surface area (Å²) < 4.78 is 7.50. The number of nitrogens with zero attached hydrogens (tertiary/aromatic N) is 4. The van der Waals surface area contributed by atoms with Crippen molar-refractivity contribution in [3.63, 3.8) is 0 Å². The molecule has 3 aromatic heterocycles. The molecule has 0 spiro atoms. The molecule has 33 heavy (non-hydrogen) atoms. The third-order valence-corrected chi connectivity index (χ3v) is 6.41. The third kappa shape index (κ3) is 3.39. The van der Waals surface area contributed by atoms with Crippen LogP contribution in [-0.2, 0) is 18.3 Å². The molecule has 4 aromatic rings. The molecule has 1 saturated heterocycles. The van der Waals surface area contributed by atoms with Crippen LogP contribution >= 0.6 is 0 Å². The fourth-order valence-corrected chi connectivity index (χ4v) is 4.66. The Bertz CT molecular complexity index is 1360. The molecule has 1 fully saturated rings.